The Morgan fingerprint density at radius 1 is 1.36 bits per heavy atom. The minimum Gasteiger partial charge on any atom is -0.312 e. The molecule has 1 nitrogen and oxygen atoms in total. The summed E-state index contributed by atoms with van der Waals surface area (Å²) in [5, 5.41) is 4.18. The standard InChI is InChI=1S/C12H16ClN/c1-2-3-6-9-14-10-11-7-4-5-8-12(11)13/h2-5,7-8,14H,6,9-10H2,1H3/b3-2+. The van der Waals surface area contributed by atoms with Gasteiger partial charge in [-0.1, -0.05) is 42.0 Å². The molecule has 1 N–H and O–H groups in total. The molecule has 1 aromatic rings. The van der Waals surface area contributed by atoms with Gasteiger partial charge >= 0.3 is 0 Å². The van der Waals surface area contributed by atoms with Crippen molar-refractivity contribution in [2.24, 2.45) is 0 Å². The average Bonchev–Trinajstić information content (AvgIpc) is 2.20. The van der Waals surface area contributed by atoms with Crippen molar-refractivity contribution in [1.29, 1.82) is 0 Å². The smallest absolute Gasteiger partial charge is 0.0450 e. The van der Waals surface area contributed by atoms with Crippen molar-refractivity contribution in [1.82, 2.24) is 5.32 Å². The van der Waals surface area contributed by atoms with E-state index in [4.69, 9.17) is 11.6 Å². The highest BCUT2D eigenvalue weighted by molar-refractivity contribution is 6.31. The van der Waals surface area contributed by atoms with Crippen LogP contribution in [0.15, 0.2) is 36.4 Å². The van der Waals surface area contributed by atoms with Crippen molar-refractivity contribution in [2.45, 2.75) is 19.9 Å². The second kappa shape index (κ2) is 6.63. The number of rotatable bonds is 5. The van der Waals surface area contributed by atoms with Gasteiger partial charge in [-0.15, -0.1) is 0 Å². The number of benzene rings is 1. The summed E-state index contributed by atoms with van der Waals surface area (Å²) in [6.45, 7) is 3.88. The van der Waals surface area contributed by atoms with Crippen molar-refractivity contribution < 1.29 is 0 Å². The number of hydrogen-bond donors (Lipinski definition) is 1. The first-order chi connectivity index (χ1) is 6.84. The minimum atomic E-state index is 0.839. The molecule has 0 heterocycles. The van der Waals surface area contributed by atoms with E-state index in [2.05, 4.69) is 17.5 Å². The van der Waals surface area contributed by atoms with Crippen LogP contribution in [0.1, 0.15) is 18.9 Å². The zero-order valence-corrected chi connectivity index (χ0v) is 9.22. The number of hydrogen-bond acceptors (Lipinski definition) is 1. The molecule has 2 heteroatoms. The monoisotopic (exact) mass is 209 g/mol. The minimum absolute atomic E-state index is 0.839. The Bertz CT molecular complexity index is 294. The highest BCUT2D eigenvalue weighted by Crippen LogP contribution is 2.13. The summed E-state index contributed by atoms with van der Waals surface area (Å²) in [5.74, 6) is 0. The van der Waals surface area contributed by atoms with Crippen molar-refractivity contribution in [3.8, 4) is 0 Å². The lowest BCUT2D eigenvalue weighted by Crippen LogP contribution is -2.14. The van der Waals surface area contributed by atoms with Gasteiger partial charge in [-0.25, -0.2) is 0 Å². The molecule has 0 unspecified atom stereocenters. The van der Waals surface area contributed by atoms with Gasteiger partial charge in [-0.05, 0) is 31.5 Å². The Morgan fingerprint density at radius 2 is 2.14 bits per heavy atom. The van der Waals surface area contributed by atoms with E-state index in [0.717, 1.165) is 30.1 Å². The zero-order valence-electron chi connectivity index (χ0n) is 8.46. The molecule has 14 heavy (non-hydrogen) atoms. The summed E-state index contributed by atoms with van der Waals surface area (Å²) >= 11 is 6.01. The van der Waals surface area contributed by atoms with Crippen molar-refractivity contribution in [2.75, 3.05) is 6.54 Å². The van der Waals surface area contributed by atoms with Crippen LogP contribution in [0.2, 0.25) is 5.02 Å². The summed E-state index contributed by atoms with van der Waals surface area (Å²) in [6, 6.07) is 7.93. The van der Waals surface area contributed by atoms with E-state index >= 15 is 0 Å². The third-order valence-corrected chi connectivity index (χ3v) is 2.37. The van der Waals surface area contributed by atoms with Gasteiger partial charge < -0.3 is 5.32 Å². The van der Waals surface area contributed by atoms with Crippen LogP contribution in [0.4, 0.5) is 0 Å². The van der Waals surface area contributed by atoms with Crippen LogP contribution < -0.4 is 5.32 Å². The lowest BCUT2D eigenvalue weighted by Gasteiger charge is -2.04. The molecule has 0 saturated heterocycles. The van der Waals surface area contributed by atoms with E-state index in [1.807, 2.05) is 31.2 Å². The zero-order chi connectivity index (χ0) is 10.2. The van der Waals surface area contributed by atoms with E-state index in [0.29, 0.717) is 0 Å². The van der Waals surface area contributed by atoms with Crippen LogP contribution in [0.3, 0.4) is 0 Å². The first kappa shape index (κ1) is 11.3. The van der Waals surface area contributed by atoms with E-state index in [-0.39, 0.29) is 0 Å². The van der Waals surface area contributed by atoms with E-state index in [1.165, 1.54) is 0 Å². The van der Waals surface area contributed by atoms with E-state index < -0.39 is 0 Å². The van der Waals surface area contributed by atoms with Gasteiger partial charge in [0.15, 0.2) is 0 Å². The lowest BCUT2D eigenvalue weighted by molar-refractivity contribution is 0.695. The molecule has 76 valence electrons. The summed E-state index contributed by atoms with van der Waals surface area (Å²) in [5.41, 5.74) is 1.16. The molecule has 0 radical (unpaired) electrons. The Balaban J connectivity index is 2.28. The highest BCUT2D eigenvalue weighted by atomic mass is 35.5. The summed E-state index contributed by atoms with van der Waals surface area (Å²) < 4.78 is 0. The summed E-state index contributed by atoms with van der Waals surface area (Å²) in [7, 11) is 0. The fraction of sp³-hybridized carbons (Fsp3) is 0.333. The number of allylic oxidation sites excluding steroid dienone is 1. The van der Waals surface area contributed by atoms with Gasteiger partial charge in [-0.2, -0.15) is 0 Å². The molecule has 1 rings (SSSR count). The Hall–Kier alpha value is -0.790. The van der Waals surface area contributed by atoms with Crippen molar-refractivity contribution in [3.63, 3.8) is 0 Å². The third-order valence-electron chi connectivity index (χ3n) is 2.00. The quantitative estimate of drug-likeness (QED) is 0.579. The average molecular weight is 210 g/mol. The molecule has 0 fully saturated rings. The molecule has 0 atom stereocenters. The maximum atomic E-state index is 6.01. The largest absolute Gasteiger partial charge is 0.312 e. The second-order valence-electron chi connectivity index (χ2n) is 3.13. The molecule has 0 bridgehead atoms. The molecular formula is C12H16ClN. The summed E-state index contributed by atoms with van der Waals surface area (Å²) in [4.78, 5) is 0. The molecule has 0 aliphatic rings. The molecule has 0 amide bonds. The molecule has 0 aromatic heterocycles. The topological polar surface area (TPSA) is 12.0 Å². The first-order valence-corrected chi connectivity index (χ1v) is 5.27. The van der Waals surface area contributed by atoms with Gasteiger partial charge in [0, 0.05) is 11.6 Å². The van der Waals surface area contributed by atoms with Crippen LogP contribution in [0.25, 0.3) is 0 Å². The molecule has 0 saturated carbocycles. The second-order valence-corrected chi connectivity index (χ2v) is 3.53. The Kier molecular flexibility index (Phi) is 5.35. The van der Waals surface area contributed by atoms with E-state index in [1.54, 1.807) is 0 Å². The van der Waals surface area contributed by atoms with Gasteiger partial charge in [0.05, 0.1) is 0 Å². The van der Waals surface area contributed by atoms with Crippen LogP contribution in [0, 0.1) is 0 Å². The fourth-order valence-corrected chi connectivity index (χ4v) is 1.42. The maximum Gasteiger partial charge on any atom is 0.0450 e. The molecule has 0 aliphatic carbocycles. The first-order valence-electron chi connectivity index (χ1n) is 4.90. The van der Waals surface area contributed by atoms with Crippen molar-refractivity contribution >= 4 is 11.6 Å². The SMILES string of the molecule is C/C=C/CCNCc1ccccc1Cl. The van der Waals surface area contributed by atoms with Gasteiger partial charge in [0.2, 0.25) is 0 Å². The van der Waals surface area contributed by atoms with Crippen molar-refractivity contribution in [3.05, 3.63) is 47.0 Å². The van der Waals surface area contributed by atoms with Gasteiger partial charge in [0.25, 0.3) is 0 Å². The predicted octanol–water partition coefficient (Wildman–Crippen LogP) is 3.40. The fourth-order valence-electron chi connectivity index (χ4n) is 1.22. The van der Waals surface area contributed by atoms with Crippen LogP contribution in [0.5, 0.6) is 0 Å². The predicted molar refractivity (Wildman–Crippen MR) is 62.6 cm³/mol. The van der Waals surface area contributed by atoms with Gasteiger partial charge in [0.1, 0.15) is 0 Å². The molecular weight excluding hydrogens is 194 g/mol. The van der Waals surface area contributed by atoms with Crippen LogP contribution in [-0.4, -0.2) is 6.54 Å². The van der Waals surface area contributed by atoms with E-state index in [9.17, 15) is 0 Å². The molecule has 0 aliphatic heterocycles. The number of halogens is 1. The molecule has 0 spiro atoms. The highest BCUT2D eigenvalue weighted by Gasteiger charge is 1.96. The Labute approximate surface area is 90.8 Å². The normalized spacial score (nSPS) is 11.0. The van der Waals surface area contributed by atoms with Crippen LogP contribution >= 0.6 is 11.6 Å². The summed E-state index contributed by atoms with van der Waals surface area (Å²) in [6.07, 6.45) is 5.29. The number of nitrogens with one attached hydrogen (secondary N) is 1. The lowest BCUT2D eigenvalue weighted by atomic mass is 10.2. The third kappa shape index (κ3) is 3.95. The maximum absolute atomic E-state index is 6.01. The molecule has 1 aromatic carbocycles. The van der Waals surface area contributed by atoms with Gasteiger partial charge in [-0.3, -0.25) is 0 Å². The van der Waals surface area contributed by atoms with Crippen LogP contribution in [-0.2, 0) is 6.54 Å². The Morgan fingerprint density at radius 3 is 2.86 bits per heavy atom.